The van der Waals surface area contributed by atoms with Crippen molar-refractivity contribution in [3.05, 3.63) is 229 Å². The number of nitrogens with zero attached hydrogens (tertiary/aromatic N) is 6. The minimum atomic E-state index is 0. The van der Waals surface area contributed by atoms with E-state index in [1.807, 2.05) is 18.2 Å². The Morgan fingerprint density at radius 3 is 1.55 bits per heavy atom. The van der Waals surface area contributed by atoms with Crippen LogP contribution in [0.1, 0.15) is 27.8 Å². The third kappa shape index (κ3) is 7.09. The predicted octanol–water partition coefficient (Wildman–Crippen LogP) is 16.7. The van der Waals surface area contributed by atoms with Crippen LogP contribution in [-0.2, 0) is 21.1 Å². The number of aryl methyl sites for hydroxylation is 5. The molecule has 0 radical (unpaired) electrons. The van der Waals surface area contributed by atoms with Gasteiger partial charge in [-0.3, -0.25) is 0 Å². The molecular formula is C66H49N6OPt-3. The molecule has 4 aromatic heterocycles. The van der Waals surface area contributed by atoms with Crippen molar-refractivity contribution in [2.75, 3.05) is 16.8 Å². The number of hydrogen-bond donors (Lipinski definition) is 0. The van der Waals surface area contributed by atoms with Crippen molar-refractivity contribution in [1.82, 2.24) is 18.7 Å². The SMILES string of the molecule is Cc1ccc2c(c1)c1cc(C)ccc1n2-c1cccc(-n2c3ccc(C)cc3c3cc(C)ccc32)c1-c1cnc(-n2c3[c-]c(Oc4[c-]c(N5[CH-]N(C)c6ccccc65)ccc4)ccc3c3ccccc32)cc1C.[Pt]. The quantitative estimate of drug-likeness (QED) is 0.149. The minimum absolute atomic E-state index is 0. The van der Waals surface area contributed by atoms with Crippen molar-refractivity contribution in [2.24, 2.45) is 0 Å². The summed E-state index contributed by atoms with van der Waals surface area (Å²) >= 11 is 0. The molecule has 0 saturated heterocycles. The van der Waals surface area contributed by atoms with E-state index in [-0.39, 0.29) is 21.1 Å². The Balaban J connectivity index is 0.00000528. The number of aromatic nitrogens is 4. The predicted molar refractivity (Wildman–Crippen MR) is 302 cm³/mol. The second-order valence-electron chi connectivity index (χ2n) is 19.8. The van der Waals surface area contributed by atoms with E-state index in [4.69, 9.17) is 9.72 Å². The average Bonchev–Trinajstić information content (AvgIpc) is 4.12. The minimum Gasteiger partial charge on any atom is -0.509 e. The van der Waals surface area contributed by atoms with Gasteiger partial charge in [0, 0.05) is 88.3 Å². The molecule has 1 aliphatic heterocycles. The van der Waals surface area contributed by atoms with E-state index in [0.29, 0.717) is 11.5 Å². The van der Waals surface area contributed by atoms with Gasteiger partial charge in [-0.15, -0.1) is 41.4 Å². The fraction of sp³-hybridized carbons (Fsp3) is 0.0909. The molecule has 362 valence electrons. The molecule has 13 aromatic rings. The third-order valence-corrected chi connectivity index (χ3v) is 14.8. The number of para-hydroxylation sites is 3. The van der Waals surface area contributed by atoms with Crippen LogP contribution >= 0.6 is 0 Å². The number of anilines is 3. The summed E-state index contributed by atoms with van der Waals surface area (Å²) in [4.78, 5) is 9.72. The molecule has 0 spiro atoms. The largest absolute Gasteiger partial charge is 0.509 e. The van der Waals surface area contributed by atoms with Crippen molar-refractivity contribution >= 4 is 82.5 Å². The molecule has 0 saturated carbocycles. The molecule has 1 aliphatic rings. The van der Waals surface area contributed by atoms with E-state index in [1.54, 1.807) is 0 Å². The van der Waals surface area contributed by atoms with Crippen molar-refractivity contribution in [3.63, 3.8) is 0 Å². The fourth-order valence-corrected chi connectivity index (χ4v) is 11.5. The third-order valence-electron chi connectivity index (χ3n) is 14.8. The molecule has 0 atom stereocenters. The maximum atomic E-state index is 6.63. The Kier molecular flexibility index (Phi) is 10.7. The van der Waals surface area contributed by atoms with E-state index >= 15 is 0 Å². The Labute approximate surface area is 444 Å². The van der Waals surface area contributed by atoms with Crippen LogP contribution in [0.5, 0.6) is 11.5 Å². The number of fused-ring (bicyclic) bond motifs is 10. The van der Waals surface area contributed by atoms with Gasteiger partial charge in [0.05, 0.1) is 33.4 Å². The van der Waals surface area contributed by atoms with Crippen LogP contribution in [0.15, 0.2) is 182 Å². The molecule has 0 bridgehead atoms. The van der Waals surface area contributed by atoms with Crippen molar-refractivity contribution in [1.29, 1.82) is 0 Å². The first-order valence-corrected chi connectivity index (χ1v) is 24.9. The first kappa shape index (κ1) is 45.5. The molecule has 0 amide bonds. The average molecular weight is 1140 g/mol. The number of hydrogen-bond acceptors (Lipinski definition) is 4. The van der Waals surface area contributed by atoms with Gasteiger partial charge in [0.25, 0.3) is 0 Å². The zero-order valence-corrected chi connectivity index (χ0v) is 44.1. The Morgan fingerprint density at radius 1 is 0.446 bits per heavy atom. The zero-order valence-electron chi connectivity index (χ0n) is 41.8. The molecule has 7 nitrogen and oxygen atoms in total. The Bertz CT molecular complexity index is 4180. The molecule has 0 N–H and O–H groups in total. The normalized spacial score (nSPS) is 12.5. The summed E-state index contributed by atoms with van der Waals surface area (Å²) in [6, 6.07) is 70.6. The van der Waals surface area contributed by atoms with Crippen molar-refractivity contribution < 1.29 is 25.8 Å². The van der Waals surface area contributed by atoms with Gasteiger partial charge in [-0.1, -0.05) is 88.4 Å². The summed E-state index contributed by atoms with van der Waals surface area (Å²) in [5.74, 6) is 1.99. The molecule has 0 fully saturated rings. The van der Waals surface area contributed by atoms with Gasteiger partial charge in [0.2, 0.25) is 0 Å². The van der Waals surface area contributed by atoms with E-state index in [2.05, 4.69) is 248 Å². The molecule has 0 aliphatic carbocycles. The van der Waals surface area contributed by atoms with Gasteiger partial charge in [0.1, 0.15) is 5.82 Å². The second-order valence-corrected chi connectivity index (χ2v) is 19.8. The molecule has 74 heavy (non-hydrogen) atoms. The summed E-state index contributed by atoms with van der Waals surface area (Å²) in [5, 5.41) is 7.14. The van der Waals surface area contributed by atoms with Crippen molar-refractivity contribution in [3.8, 4) is 39.8 Å². The summed E-state index contributed by atoms with van der Waals surface area (Å²) in [7, 11) is 2.06. The topological polar surface area (TPSA) is 43.4 Å². The van der Waals surface area contributed by atoms with Gasteiger partial charge in [-0.05, 0) is 138 Å². The number of rotatable bonds is 7. The van der Waals surface area contributed by atoms with Gasteiger partial charge in [-0.25, -0.2) is 4.98 Å². The van der Waals surface area contributed by atoms with Crippen LogP contribution in [0.25, 0.3) is 93.7 Å². The molecule has 8 heteroatoms. The number of benzene rings is 9. The second kappa shape index (κ2) is 17.4. The van der Waals surface area contributed by atoms with Crippen LogP contribution in [0.4, 0.5) is 17.1 Å². The first-order valence-electron chi connectivity index (χ1n) is 24.9. The summed E-state index contributed by atoms with van der Waals surface area (Å²) in [6.07, 6.45) is 2.09. The van der Waals surface area contributed by atoms with Gasteiger partial charge in [0.15, 0.2) is 0 Å². The monoisotopic (exact) mass is 1140 g/mol. The van der Waals surface area contributed by atoms with E-state index in [0.717, 1.165) is 94.8 Å². The Morgan fingerprint density at radius 2 is 0.959 bits per heavy atom. The maximum absolute atomic E-state index is 6.63. The molecular weight excluding hydrogens is 1090 g/mol. The van der Waals surface area contributed by atoms with Crippen LogP contribution in [-0.4, -0.2) is 25.7 Å². The van der Waals surface area contributed by atoms with Gasteiger partial charge < -0.3 is 28.2 Å². The molecule has 0 unspecified atom stereocenters. The van der Waals surface area contributed by atoms with Crippen molar-refractivity contribution in [2.45, 2.75) is 34.6 Å². The smallest absolute Gasteiger partial charge is 0.135 e. The summed E-state index contributed by atoms with van der Waals surface area (Å²) < 4.78 is 13.8. The maximum Gasteiger partial charge on any atom is 0.135 e. The van der Waals surface area contributed by atoms with Gasteiger partial charge in [-0.2, -0.15) is 18.8 Å². The van der Waals surface area contributed by atoms with Crippen LogP contribution in [0.2, 0.25) is 0 Å². The van der Waals surface area contributed by atoms with Gasteiger partial charge >= 0.3 is 0 Å². The Hall–Kier alpha value is -8.38. The van der Waals surface area contributed by atoms with E-state index in [9.17, 15) is 0 Å². The fourth-order valence-electron chi connectivity index (χ4n) is 11.5. The molecule has 9 aromatic carbocycles. The molecule has 14 rings (SSSR count). The van der Waals surface area contributed by atoms with E-state index < -0.39 is 0 Å². The van der Waals surface area contributed by atoms with Crippen LogP contribution in [0.3, 0.4) is 0 Å². The van der Waals surface area contributed by atoms with E-state index in [1.165, 1.54) is 43.8 Å². The van der Waals surface area contributed by atoms with Crippen LogP contribution in [0, 0.1) is 53.4 Å². The first-order chi connectivity index (χ1) is 35.6. The molecule has 5 heterocycles. The zero-order chi connectivity index (χ0) is 49.2. The summed E-state index contributed by atoms with van der Waals surface area (Å²) in [6.45, 7) is 13.0. The summed E-state index contributed by atoms with van der Waals surface area (Å²) in [5.41, 5.74) is 20.0. The number of pyridine rings is 1. The number of ether oxygens (including phenoxy) is 1. The standard InChI is InChI=1S/C66H49N6O.Pt/c1-40-21-27-56-50(31-40)51-32-41(2)22-28-57(51)70(56)62-19-12-20-63(71-58-29-23-42(3)33-52(58)53-34-43(4)24-30-59(53)71)66(62)54-38-67-65(35-44(54)5)72-55-16-8-7-15-48(55)49-26-25-47(37-64(49)72)73-46-14-11-13-45(36-46)69-39-68(6)60-17-9-10-18-61(60)69;/h7-35,38-39H,1-6H3;/q-3;. The van der Waals surface area contributed by atoms with Crippen LogP contribution < -0.4 is 14.5 Å².